The number of pyridine rings is 1. The number of ether oxygens (including phenoxy) is 2. The van der Waals surface area contributed by atoms with E-state index in [2.05, 4.69) is 38.8 Å². The maximum Gasteiger partial charge on any atom is 0.407 e. The fourth-order valence-electron chi connectivity index (χ4n) is 8.95. The number of aromatic nitrogens is 5. The zero-order valence-corrected chi connectivity index (χ0v) is 34.4. The Balaban J connectivity index is 0.897. The normalized spacial score (nSPS) is 18.8. The van der Waals surface area contributed by atoms with Gasteiger partial charge in [-0.05, 0) is 60.9 Å². The van der Waals surface area contributed by atoms with E-state index in [1.807, 2.05) is 74.6 Å². The van der Waals surface area contributed by atoms with Crippen LogP contribution in [0.1, 0.15) is 68.0 Å². The number of likely N-dealkylation sites (tertiary alicyclic amines) is 1. The van der Waals surface area contributed by atoms with Crippen molar-refractivity contribution in [3.05, 3.63) is 108 Å². The summed E-state index contributed by atoms with van der Waals surface area (Å²) in [5.41, 5.74) is 9.18. The summed E-state index contributed by atoms with van der Waals surface area (Å²) >= 11 is 0. The monoisotopic (exact) mass is 821 g/mol. The van der Waals surface area contributed by atoms with Crippen LogP contribution in [0.2, 0.25) is 0 Å². The van der Waals surface area contributed by atoms with Crippen molar-refractivity contribution in [2.24, 2.45) is 5.92 Å². The number of nitrogens with zero attached hydrogens (tertiary/aromatic N) is 5. The van der Waals surface area contributed by atoms with E-state index in [9.17, 15) is 19.2 Å². The van der Waals surface area contributed by atoms with Crippen molar-refractivity contribution in [3.63, 3.8) is 0 Å². The van der Waals surface area contributed by atoms with E-state index in [4.69, 9.17) is 24.4 Å². The number of carbonyl (C=O) groups excluding carboxylic acids is 4. The summed E-state index contributed by atoms with van der Waals surface area (Å²) in [5, 5.41) is 6.40. The van der Waals surface area contributed by atoms with Crippen molar-refractivity contribution in [2.75, 3.05) is 25.7 Å². The molecule has 0 unspecified atom stereocenters. The number of carbonyl (C=O) groups is 4. The Kier molecular flexibility index (Phi) is 10.5. The molecule has 0 spiro atoms. The van der Waals surface area contributed by atoms with Gasteiger partial charge in [0.2, 0.25) is 11.8 Å². The van der Waals surface area contributed by atoms with Gasteiger partial charge in [0.15, 0.2) is 0 Å². The van der Waals surface area contributed by atoms with Gasteiger partial charge in [-0.3, -0.25) is 14.5 Å². The number of rotatable bonds is 9. The minimum atomic E-state index is -0.709. The number of fused-ring (bicyclic) bond motifs is 1. The van der Waals surface area contributed by atoms with Crippen molar-refractivity contribution < 1.29 is 28.7 Å². The molecule has 0 saturated carbocycles. The second kappa shape index (κ2) is 16.2. The lowest BCUT2D eigenvalue weighted by Gasteiger charge is -2.29. The van der Waals surface area contributed by atoms with Crippen molar-refractivity contribution in [3.8, 4) is 33.8 Å². The minimum Gasteiger partial charge on any atom is -0.453 e. The molecule has 4 N–H and O–H groups in total. The molecule has 0 radical (unpaired) electrons. The highest BCUT2D eigenvalue weighted by molar-refractivity contribution is 6.02. The quantitative estimate of drug-likeness (QED) is 0.119. The molecule has 312 valence electrons. The number of amides is 4. The first-order chi connectivity index (χ1) is 29.6. The first-order valence-corrected chi connectivity index (χ1v) is 20.7. The third-order valence-corrected chi connectivity index (χ3v) is 12.1. The van der Waals surface area contributed by atoms with Crippen molar-refractivity contribution in [2.45, 2.75) is 70.1 Å². The molecular weight excluding hydrogens is 775 g/mol. The molecule has 1 fully saturated rings. The maximum atomic E-state index is 14.0. The van der Waals surface area contributed by atoms with Crippen LogP contribution in [0.3, 0.4) is 0 Å². The molecule has 0 bridgehead atoms. The van der Waals surface area contributed by atoms with Crippen LogP contribution >= 0.6 is 0 Å². The Labute approximate surface area is 352 Å². The number of H-pyrrole nitrogens is 2. The van der Waals surface area contributed by atoms with E-state index in [1.165, 1.54) is 14.2 Å². The number of aromatic amines is 2. The predicted octanol–water partition coefficient (Wildman–Crippen LogP) is 7.03. The van der Waals surface area contributed by atoms with E-state index in [-0.39, 0.29) is 29.8 Å². The van der Waals surface area contributed by atoms with Gasteiger partial charge in [0.05, 0.1) is 60.8 Å². The van der Waals surface area contributed by atoms with Gasteiger partial charge in [-0.2, -0.15) is 0 Å². The number of methoxy groups -OCH3 is 2. The van der Waals surface area contributed by atoms with Crippen LogP contribution in [0.5, 0.6) is 0 Å². The van der Waals surface area contributed by atoms with E-state index in [0.717, 1.165) is 74.3 Å². The fourth-order valence-corrected chi connectivity index (χ4v) is 8.95. The van der Waals surface area contributed by atoms with Crippen LogP contribution < -0.4 is 15.5 Å². The molecule has 9 rings (SSSR count). The predicted molar refractivity (Wildman–Crippen MR) is 228 cm³/mol. The Bertz CT molecular complexity index is 2650. The summed E-state index contributed by atoms with van der Waals surface area (Å²) in [7, 11) is 2.58. The van der Waals surface area contributed by atoms with E-state index in [1.54, 1.807) is 16.0 Å². The van der Waals surface area contributed by atoms with Crippen molar-refractivity contribution >= 4 is 40.6 Å². The average molecular weight is 822 g/mol. The van der Waals surface area contributed by atoms with Gasteiger partial charge in [0, 0.05) is 41.2 Å². The smallest absolute Gasteiger partial charge is 0.407 e. The molecule has 15 heteroatoms. The molecule has 0 aliphatic carbocycles. The number of aryl methyl sites for hydroxylation is 1. The molecule has 4 amide bonds. The van der Waals surface area contributed by atoms with Gasteiger partial charge in [-0.1, -0.05) is 68.4 Å². The largest absolute Gasteiger partial charge is 0.453 e. The molecule has 6 heterocycles. The summed E-state index contributed by atoms with van der Waals surface area (Å²) in [6.45, 7) is 4.38. The van der Waals surface area contributed by atoms with E-state index >= 15 is 0 Å². The average Bonchev–Trinajstić information content (AvgIpc) is 4.11. The fraction of sp³-hybridized carbons (Fsp3) is 0.326. The standard InChI is InChI=1S/C46H47N9O6/c1-25(2)39(53-46(59)61-4)44(57)54-20-6-9-37(54)41-47-23-35(50-41)27-12-10-26(11-13-27)32-17-15-29-21-30(16-18-33(29)49-32)36-24-48-42(51-36)38-22-31-8-5-7-28-14-19-34(52-45(58)60-3)43(56)55(38)40(28)31/h5,7-8,10-13,15-18,21,23-25,34,37-39H,6,9,14,19-20,22H2,1-4H3,(H,47,50)(H,48,51)(H,52,58)(H,53,59)/t34-,37-,38-,39-/m0/s1. The first kappa shape index (κ1) is 39.4. The molecule has 4 atom stereocenters. The first-order valence-electron chi connectivity index (χ1n) is 20.7. The molecule has 3 aromatic carbocycles. The van der Waals surface area contributed by atoms with Crippen LogP contribution in [0.15, 0.2) is 85.2 Å². The Morgan fingerprint density at radius 2 is 1.59 bits per heavy atom. The molecule has 1 saturated heterocycles. The van der Waals surface area contributed by atoms with Crippen LogP contribution in [0.25, 0.3) is 44.7 Å². The van der Waals surface area contributed by atoms with Gasteiger partial charge in [0.25, 0.3) is 0 Å². The molecule has 3 aliphatic heterocycles. The third-order valence-electron chi connectivity index (χ3n) is 12.1. The number of nitrogens with one attached hydrogen (secondary N) is 4. The maximum absolute atomic E-state index is 14.0. The van der Waals surface area contributed by atoms with Crippen LogP contribution in [-0.4, -0.2) is 86.7 Å². The number of hydrogen-bond donors (Lipinski definition) is 4. The van der Waals surface area contributed by atoms with Crippen LogP contribution in [0.4, 0.5) is 15.3 Å². The van der Waals surface area contributed by atoms with E-state index < -0.39 is 24.3 Å². The highest BCUT2D eigenvalue weighted by atomic mass is 16.5. The molecule has 61 heavy (non-hydrogen) atoms. The van der Waals surface area contributed by atoms with Crippen LogP contribution in [0, 0.1) is 5.92 Å². The number of anilines is 1. The highest BCUT2D eigenvalue weighted by Gasteiger charge is 2.43. The second-order valence-corrected chi connectivity index (χ2v) is 16.2. The zero-order chi connectivity index (χ0) is 42.4. The van der Waals surface area contributed by atoms with Crippen molar-refractivity contribution in [1.29, 1.82) is 0 Å². The number of imidazole rings is 2. The summed E-state index contributed by atoms with van der Waals surface area (Å²) in [4.78, 5) is 76.7. The lowest BCUT2D eigenvalue weighted by atomic mass is 10.0. The molecule has 3 aromatic heterocycles. The summed E-state index contributed by atoms with van der Waals surface area (Å²) in [6.07, 6.45) is 5.77. The molecule has 3 aliphatic rings. The van der Waals surface area contributed by atoms with Gasteiger partial charge in [-0.15, -0.1) is 0 Å². The van der Waals surface area contributed by atoms with E-state index in [0.29, 0.717) is 37.5 Å². The SMILES string of the molecule is COC(=O)N[C@H]1CCc2cccc3c2N(C1=O)[C@H](c1ncc(-c2ccc4nc(-c5ccc(-c6c[nH]c([C@@H]7CCCN7C(=O)[C@@H](NC(=O)OC)C(C)C)n6)cc5)ccc4c2)[nH]1)C3. The summed E-state index contributed by atoms with van der Waals surface area (Å²) < 4.78 is 9.58. The number of alkyl carbamates (subject to hydrolysis) is 2. The van der Waals surface area contributed by atoms with Crippen molar-refractivity contribution in [1.82, 2.24) is 40.5 Å². The number of hydrogen-bond acceptors (Lipinski definition) is 9. The minimum absolute atomic E-state index is 0.112. The molecule has 6 aromatic rings. The van der Waals surface area contributed by atoms with Gasteiger partial charge >= 0.3 is 12.2 Å². The van der Waals surface area contributed by atoms with Gasteiger partial charge in [0.1, 0.15) is 23.7 Å². The summed E-state index contributed by atoms with van der Waals surface area (Å²) in [6, 6.07) is 22.4. The Morgan fingerprint density at radius 3 is 2.36 bits per heavy atom. The van der Waals surface area contributed by atoms with Gasteiger partial charge in [-0.25, -0.2) is 24.5 Å². The lowest BCUT2D eigenvalue weighted by molar-refractivity contribution is -0.135. The Hall–Kier alpha value is -7.03. The zero-order valence-electron chi connectivity index (χ0n) is 34.4. The topological polar surface area (TPSA) is 188 Å². The third kappa shape index (κ3) is 7.44. The van der Waals surface area contributed by atoms with Crippen LogP contribution in [-0.2, 0) is 31.9 Å². The molecule has 15 nitrogen and oxygen atoms in total. The molecular formula is C46H47N9O6. The lowest BCUT2D eigenvalue weighted by Crippen LogP contribution is -2.51. The number of benzene rings is 3. The summed E-state index contributed by atoms with van der Waals surface area (Å²) in [5.74, 6) is 0.952. The highest BCUT2D eigenvalue weighted by Crippen LogP contribution is 2.45. The second-order valence-electron chi connectivity index (χ2n) is 16.2. The van der Waals surface area contributed by atoms with Gasteiger partial charge < -0.3 is 35.0 Å². The number of para-hydroxylation sites is 1. The Morgan fingerprint density at radius 1 is 0.836 bits per heavy atom.